The lowest BCUT2D eigenvalue weighted by Gasteiger charge is -2.29. The molecule has 3 heterocycles. The fraction of sp³-hybridized carbons (Fsp3) is 0.200. The number of ether oxygens (including phenoxy) is 2. The number of carbonyl (C=O) groups is 2. The number of benzene rings is 4. The van der Waals surface area contributed by atoms with Crippen molar-refractivity contribution in [3.05, 3.63) is 133 Å². The highest BCUT2D eigenvalue weighted by molar-refractivity contribution is 6.35. The summed E-state index contributed by atoms with van der Waals surface area (Å²) in [6.45, 7) is 2.94. The summed E-state index contributed by atoms with van der Waals surface area (Å²) < 4.78 is 91.8. The van der Waals surface area contributed by atoms with Gasteiger partial charge in [0, 0.05) is 68.1 Å². The molecule has 2 aromatic heterocycles. The van der Waals surface area contributed by atoms with E-state index in [0.717, 1.165) is 17.5 Å². The first-order valence-electron chi connectivity index (χ1n) is 17.3. The summed E-state index contributed by atoms with van der Waals surface area (Å²) in [4.78, 5) is 28.8. The smallest absolute Gasteiger partial charge is 0.435 e. The Balaban J connectivity index is 0.000000197. The van der Waals surface area contributed by atoms with E-state index in [4.69, 9.17) is 65.9 Å². The number of aryl methyl sites for hydroxylation is 2. The molecule has 1 atom stereocenters. The second-order valence-corrected chi connectivity index (χ2v) is 14.8. The van der Waals surface area contributed by atoms with Gasteiger partial charge in [0.05, 0.1) is 66.3 Å². The van der Waals surface area contributed by atoms with Crippen LogP contribution < -0.4 is 0 Å². The molecule has 326 valence electrons. The molecular formula is C40H30Cl4F6N6O6. The van der Waals surface area contributed by atoms with Crippen molar-refractivity contribution in [3.8, 4) is 0 Å². The number of fused-ring (bicyclic) bond motifs is 2. The largest absolute Gasteiger partial charge is 0.465 e. The lowest BCUT2D eigenvalue weighted by atomic mass is 9.86. The summed E-state index contributed by atoms with van der Waals surface area (Å²) in [5.41, 5.74) is -1.30. The Kier molecular flexibility index (Phi) is 14.2. The highest BCUT2D eigenvalue weighted by Gasteiger charge is 2.62. The molecule has 6 aromatic rings. The molecule has 1 N–H and O–H groups in total. The second-order valence-electron chi connectivity index (χ2n) is 13.1. The molecule has 1 unspecified atom stereocenters. The standard InChI is InChI=1S/C20H14Cl2F3N3O3.C11H11N3O3.C9H5Cl2F3/c1-28-17-14(18(29)30-2)4-3-13(15(17)9-26-28)16-8-19(31-27-16,20(23,24)25)10-5-11(21)7-12(22)6-10;1-14-10-8(11(15)17-2)4-3-7(5-13-16)9(10)6-12-14;1-5(9(12,13)14)6-2-7(10)4-8(11)3-6/h3-7,9H,8H2,1-2H3;3-6,16H,1-2H3;2-4H,1H2/b;13-5+;. The predicted octanol–water partition coefficient (Wildman–Crippen LogP) is 11.0. The minimum atomic E-state index is -4.81. The first-order valence-corrected chi connectivity index (χ1v) is 18.8. The summed E-state index contributed by atoms with van der Waals surface area (Å²) in [6.07, 6.45) is -5.54. The van der Waals surface area contributed by atoms with Crippen LogP contribution in [-0.2, 0) is 34.0 Å². The zero-order valence-corrected chi connectivity index (χ0v) is 35.4. The van der Waals surface area contributed by atoms with Crippen molar-refractivity contribution < 1.29 is 55.5 Å². The lowest BCUT2D eigenvalue weighted by molar-refractivity contribution is -0.275. The monoisotopic (exact) mass is 944 g/mol. The molecule has 4 aromatic carbocycles. The van der Waals surface area contributed by atoms with Gasteiger partial charge in [-0.15, -0.1) is 0 Å². The van der Waals surface area contributed by atoms with Gasteiger partial charge in [0.25, 0.3) is 5.60 Å². The maximum atomic E-state index is 14.2. The Bertz CT molecular complexity index is 2730. The van der Waals surface area contributed by atoms with E-state index >= 15 is 0 Å². The van der Waals surface area contributed by atoms with Crippen LogP contribution in [0, 0.1) is 0 Å². The van der Waals surface area contributed by atoms with Gasteiger partial charge in [0.1, 0.15) is 0 Å². The zero-order valence-electron chi connectivity index (χ0n) is 32.4. The number of methoxy groups -OCH3 is 2. The third-order valence-electron chi connectivity index (χ3n) is 9.22. The van der Waals surface area contributed by atoms with Gasteiger partial charge >= 0.3 is 24.3 Å². The maximum Gasteiger partial charge on any atom is 0.435 e. The summed E-state index contributed by atoms with van der Waals surface area (Å²) in [5, 5.41) is 25.1. The fourth-order valence-electron chi connectivity index (χ4n) is 6.30. The van der Waals surface area contributed by atoms with Crippen molar-refractivity contribution in [2.24, 2.45) is 24.4 Å². The van der Waals surface area contributed by atoms with Crippen LogP contribution in [0.3, 0.4) is 0 Å². The normalized spacial score (nSPS) is 15.0. The number of oxime groups is 2. The number of hydrogen-bond acceptors (Lipinski definition) is 10. The molecule has 0 saturated carbocycles. The minimum absolute atomic E-state index is 0.0419. The van der Waals surface area contributed by atoms with Gasteiger partial charge in [0.15, 0.2) is 0 Å². The Morgan fingerprint density at radius 1 is 0.806 bits per heavy atom. The van der Waals surface area contributed by atoms with E-state index in [1.165, 1.54) is 67.7 Å². The van der Waals surface area contributed by atoms with Crippen molar-refractivity contribution in [1.82, 2.24) is 19.6 Å². The second kappa shape index (κ2) is 18.7. The Morgan fingerprint density at radius 3 is 1.77 bits per heavy atom. The molecule has 0 aliphatic carbocycles. The van der Waals surface area contributed by atoms with E-state index < -0.39 is 41.9 Å². The van der Waals surface area contributed by atoms with Crippen molar-refractivity contribution in [1.29, 1.82) is 0 Å². The van der Waals surface area contributed by atoms with Crippen molar-refractivity contribution in [3.63, 3.8) is 0 Å². The van der Waals surface area contributed by atoms with Crippen LogP contribution in [-0.4, -0.2) is 75.2 Å². The Labute approximate surface area is 367 Å². The predicted molar refractivity (Wildman–Crippen MR) is 221 cm³/mol. The summed E-state index contributed by atoms with van der Waals surface area (Å²) >= 11 is 23.0. The molecule has 0 radical (unpaired) electrons. The Morgan fingerprint density at radius 2 is 1.29 bits per heavy atom. The van der Waals surface area contributed by atoms with E-state index in [1.54, 1.807) is 37.1 Å². The SMILES string of the molecule is C=C(c1cc(Cl)cc(Cl)c1)C(F)(F)F.COC(=O)c1ccc(/C=N/O)c2cnn(C)c12.COC(=O)c1ccc(C2=NOC(c3cc(Cl)cc(Cl)c3)(C(F)(F)F)C2)c2cnn(C)c12. The summed E-state index contributed by atoms with van der Waals surface area (Å²) in [5.74, 6) is -1.02. The van der Waals surface area contributed by atoms with Crippen LogP contribution in [0.1, 0.15) is 49.4 Å². The number of rotatable bonds is 6. The molecule has 0 fully saturated rings. The molecule has 0 amide bonds. The molecule has 22 heteroatoms. The number of halogens is 10. The maximum absolute atomic E-state index is 14.2. The number of nitrogens with zero attached hydrogens (tertiary/aromatic N) is 6. The van der Waals surface area contributed by atoms with Crippen LogP contribution in [0.25, 0.3) is 27.4 Å². The van der Waals surface area contributed by atoms with Crippen LogP contribution in [0.4, 0.5) is 26.3 Å². The van der Waals surface area contributed by atoms with Gasteiger partial charge in [-0.1, -0.05) is 75.4 Å². The van der Waals surface area contributed by atoms with Crippen molar-refractivity contribution in [2.45, 2.75) is 24.4 Å². The molecule has 1 aliphatic rings. The van der Waals surface area contributed by atoms with E-state index in [0.29, 0.717) is 33.1 Å². The third-order valence-corrected chi connectivity index (χ3v) is 10.1. The third kappa shape index (κ3) is 9.78. The Hall–Kier alpha value is -5.82. The molecule has 0 bridgehead atoms. The van der Waals surface area contributed by atoms with Crippen molar-refractivity contribution >= 4 is 97.6 Å². The average Bonchev–Trinajstić information content (AvgIpc) is 3.94. The highest BCUT2D eigenvalue weighted by Crippen LogP contribution is 2.50. The highest BCUT2D eigenvalue weighted by atomic mass is 35.5. The van der Waals surface area contributed by atoms with Crippen LogP contribution in [0.15, 0.2) is 89.9 Å². The summed E-state index contributed by atoms with van der Waals surface area (Å²) in [6, 6.07) is 13.6. The van der Waals surface area contributed by atoms with E-state index in [-0.39, 0.29) is 42.5 Å². The van der Waals surface area contributed by atoms with Gasteiger partial charge in [-0.2, -0.15) is 36.5 Å². The minimum Gasteiger partial charge on any atom is -0.465 e. The first kappa shape index (κ1) is 47.2. The average molecular weight is 947 g/mol. The molecule has 62 heavy (non-hydrogen) atoms. The topological polar surface area (TPSA) is 142 Å². The molecule has 0 saturated heterocycles. The molecule has 0 spiro atoms. The zero-order chi connectivity index (χ0) is 45.9. The fourth-order valence-corrected chi connectivity index (χ4v) is 7.35. The number of hydrogen-bond donors (Lipinski definition) is 1. The lowest BCUT2D eigenvalue weighted by Crippen LogP contribution is -2.42. The summed E-state index contributed by atoms with van der Waals surface area (Å²) in [7, 11) is 5.91. The molecule has 7 rings (SSSR count). The van der Waals surface area contributed by atoms with Crippen LogP contribution in [0.2, 0.25) is 20.1 Å². The van der Waals surface area contributed by atoms with Gasteiger partial charge in [0.2, 0.25) is 0 Å². The van der Waals surface area contributed by atoms with Crippen LogP contribution >= 0.6 is 46.4 Å². The van der Waals surface area contributed by atoms with Gasteiger partial charge in [-0.25, -0.2) is 9.59 Å². The molecule has 1 aliphatic heterocycles. The van der Waals surface area contributed by atoms with E-state index in [2.05, 4.69) is 27.1 Å². The van der Waals surface area contributed by atoms with Crippen molar-refractivity contribution in [2.75, 3.05) is 14.2 Å². The number of alkyl halides is 6. The number of aromatic nitrogens is 4. The van der Waals surface area contributed by atoms with Gasteiger partial charge < -0.3 is 19.5 Å². The number of carbonyl (C=O) groups excluding carboxylic acids is 2. The van der Waals surface area contributed by atoms with Gasteiger partial charge in [-0.3, -0.25) is 9.36 Å². The first-order chi connectivity index (χ1) is 29.1. The number of allylic oxidation sites excluding steroid dienone is 1. The molecular weight excluding hydrogens is 916 g/mol. The van der Waals surface area contributed by atoms with E-state index in [9.17, 15) is 35.9 Å². The van der Waals surface area contributed by atoms with Gasteiger partial charge in [-0.05, 0) is 54.1 Å². The molecule has 12 nitrogen and oxygen atoms in total. The quantitative estimate of drug-likeness (QED) is 0.0572. The number of esters is 2. The van der Waals surface area contributed by atoms with E-state index in [1.807, 2.05) is 0 Å². The van der Waals surface area contributed by atoms with Crippen LogP contribution in [0.5, 0.6) is 0 Å².